The SMILES string of the molecule is Cc1ccc(C2=NC(c3cc(Br)ccc3F)NC(c3cc(Cl)ccc3O)C2)cc1. The largest absolute Gasteiger partial charge is 0.508 e. The third-order valence-electron chi connectivity index (χ3n) is 5.04. The number of benzene rings is 3. The van der Waals surface area contributed by atoms with Crippen LogP contribution in [0.2, 0.25) is 5.02 Å². The van der Waals surface area contributed by atoms with Gasteiger partial charge in [-0.05, 0) is 48.9 Å². The standard InChI is InChI=1S/C23H19BrClFN2O/c1-13-2-4-14(5-3-13)20-12-21(18-11-16(25)7-9-22(18)29)28-23(27-20)17-10-15(24)6-8-19(17)26/h2-11,21,23,28-29H,12H2,1H3. The van der Waals surface area contributed by atoms with Crippen molar-refractivity contribution in [1.29, 1.82) is 0 Å². The van der Waals surface area contributed by atoms with Gasteiger partial charge in [-0.15, -0.1) is 0 Å². The number of aromatic hydroxyl groups is 1. The molecule has 3 aromatic rings. The molecule has 3 aromatic carbocycles. The highest BCUT2D eigenvalue weighted by Gasteiger charge is 2.29. The molecule has 0 fully saturated rings. The van der Waals surface area contributed by atoms with Crippen molar-refractivity contribution in [3.05, 3.63) is 98.2 Å². The molecule has 2 atom stereocenters. The number of halogens is 3. The fourth-order valence-corrected chi connectivity index (χ4v) is 4.07. The maximum absolute atomic E-state index is 14.6. The van der Waals surface area contributed by atoms with Gasteiger partial charge in [0.25, 0.3) is 0 Å². The van der Waals surface area contributed by atoms with E-state index in [0.29, 0.717) is 22.6 Å². The summed E-state index contributed by atoms with van der Waals surface area (Å²) in [5.41, 5.74) is 4.08. The molecule has 0 aliphatic carbocycles. The second kappa shape index (κ2) is 8.27. The van der Waals surface area contributed by atoms with E-state index in [1.54, 1.807) is 30.3 Å². The van der Waals surface area contributed by atoms with Gasteiger partial charge in [-0.3, -0.25) is 10.3 Å². The quantitative estimate of drug-likeness (QED) is 0.457. The van der Waals surface area contributed by atoms with E-state index in [4.69, 9.17) is 16.6 Å². The number of hydrogen-bond donors (Lipinski definition) is 2. The predicted octanol–water partition coefficient (Wildman–Crippen LogP) is 6.48. The molecule has 29 heavy (non-hydrogen) atoms. The third-order valence-corrected chi connectivity index (χ3v) is 5.77. The molecule has 0 bridgehead atoms. The van der Waals surface area contributed by atoms with Gasteiger partial charge in [-0.1, -0.05) is 57.4 Å². The Labute approximate surface area is 182 Å². The van der Waals surface area contributed by atoms with Crippen LogP contribution in [0.15, 0.2) is 70.1 Å². The highest BCUT2D eigenvalue weighted by molar-refractivity contribution is 9.10. The Balaban J connectivity index is 1.80. The maximum Gasteiger partial charge on any atom is 0.129 e. The molecule has 4 rings (SSSR count). The molecule has 0 spiro atoms. The summed E-state index contributed by atoms with van der Waals surface area (Å²) in [4.78, 5) is 4.81. The lowest BCUT2D eigenvalue weighted by molar-refractivity contribution is 0.405. The number of phenolic OH excluding ortho intramolecular Hbond substituents is 1. The van der Waals surface area contributed by atoms with E-state index in [0.717, 1.165) is 21.3 Å². The Kier molecular flexibility index (Phi) is 5.72. The molecule has 1 heterocycles. The highest BCUT2D eigenvalue weighted by Crippen LogP contribution is 2.36. The average molecular weight is 474 g/mol. The minimum Gasteiger partial charge on any atom is -0.508 e. The van der Waals surface area contributed by atoms with Crippen molar-refractivity contribution in [3.63, 3.8) is 0 Å². The van der Waals surface area contributed by atoms with Crippen LogP contribution in [0, 0.1) is 12.7 Å². The summed E-state index contributed by atoms with van der Waals surface area (Å²) >= 11 is 9.58. The highest BCUT2D eigenvalue weighted by atomic mass is 79.9. The number of nitrogens with zero attached hydrogens (tertiary/aromatic N) is 1. The minimum absolute atomic E-state index is 0.144. The van der Waals surface area contributed by atoms with Crippen LogP contribution in [-0.4, -0.2) is 10.8 Å². The summed E-state index contributed by atoms with van der Waals surface area (Å²) in [5, 5.41) is 14.3. The van der Waals surface area contributed by atoms with E-state index < -0.39 is 6.17 Å². The van der Waals surface area contributed by atoms with Crippen molar-refractivity contribution >= 4 is 33.2 Å². The van der Waals surface area contributed by atoms with Gasteiger partial charge in [-0.2, -0.15) is 0 Å². The topological polar surface area (TPSA) is 44.6 Å². The summed E-state index contributed by atoms with van der Waals surface area (Å²) in [7, 11) is 0. The number of aliphatic imine (C=N–C) groups is 1. The first-order chi connectivity index (χ1) is 13.9. The van der Waals surface area contributed by atoms with Crippen molar-refractivity contribution in [1.82, 2.24) is 5.32 Å². The van der Waals surface area contributed by atoms with Gasteiger partial charge < -0.3 is 5.11 Å². The zero-order valence-corrected chi connectivity index (χ0v) is 18.0. The minimum atomic E-state index is -0.596. The first-order valence-electron chi connectivity index (χ1n) is 9.24. The van der Waals surface area contributed by atoms with E-state index in [9.17, 15) is 9.50 Å². The zero-order chi connectivity index (χ0) is 20.5. The number of rotatable bonds is 3. The van der Waals surface area contributed by atoms with Crippen LogP contribution in [0.4, 0.5) is 4.39 Å². The lowest BCUT2D eigenvalue weighted by atomic mass is 9.93. The van der Waals surface area contributed by atoms with Gasteiger partial charge in [0, 0.05) is 38.8 Å². The molecular weight excluding hydrogens is 455 g/mol. The van der Waals surface area contributed by atoms with E-state index in [1.165, 1.54) is 6.07 Å². The first kappa shape index (κ1) is 20.1. The number of phenols is 1. The molecule has 0 saturated carbocycles. The van der Waals surface area contributed by atoms with Crippen molar-refractivity contribution < 1.29 is 9.50 Å². The molecule has 2 unspecified atom stereocenters. The maximum atomic E-state index is 14.6. The zero-order valence-electron chi connectivity index (χ0n) is 15.7. The Morgan fingerprint density at radius 1 is 1.07 bits per heavy atom. The average Bonchev–Trinajstić information content (AvgIpc) is 2.72. The third kappa shape index (κ3) is 4.37. The van der Waals surface area contributed by atoms with E-state index in [1.807, 2.05) is 31.2 Å². The fourth-order valence-electron chi connectivity index (χ4n) is 3.51. The number of hydrogen-bond acceptors (Lipinski definition) is 3. The Morgan fingerprint density at radius 2 is 1.83 bits per heavy atom. The Morgan fingerprint density at radius 3 is 2.59 bits per heavy atom. The van der Waals surface area contributed by atoms with Gasteiger partial charge in [0.05, 0.1) is 0 Å². The van der Waals surface area contributed by atoms with Crippen LogP contribution in [0.3, 0.4) is 0 Å². The molecule has 0 aromatic heterocycles. The smallest absolute Gasteiger partial charge is 0.129 e. The van der Waals surface area contributed by atoms with Gasteiger partial charge >= 0.3 is 0 Å². The lowest BCUT2D eigenvalue weighted by Crippen LogP contribution is -2.33. The summed E-state index contributed by atoms with van der Waals surface area (Å²) in [6, 6.07) is 17.6. The van der Waals surface area contributed by atoms with E-state index >= 15 is 0 Å². The van der Waals surface area contributed by atoms with Crippen molar-refractivity contribution in [2.45, 2.75) is 25.6 Å². The molecule has 2 N–H and O–H groups in total. The molecule has 1 aliphatic rings. The van der Waals surface area contributed by atoms with Crippen LogP contribution >= 0.6 is 27.5 Å². The molecule has 1 aliphatic heterocycles. The van der Waals surface area contributed by atoms with E-state index in [2.05, 4.69) is 21.2 Å². The summed E-state index contributed by atoms with van der Waals surface area (Å²) < 4.78 is 15.4. The van der Waals surface area contributed by atoms with E-state index in [-0.39, 0.29) is 17.6 Å². The summed E-state index contributed by atoms with van der Waals surface area (Å²) in [6.45, 7) is 2.03. The second-order valence-electron chi connectivity index (χ2n) is 7.14. The molecule has 0 radical (unpaired) electrons. The summed E-state index contributed by atoms with van der Waals surface area (Å²) in [6.07, 6.45) is -0.0516. The molecule has 0 amide bonds. The van der Waals surface area contributed by atoms with Crippen molar-refractivity contribution in [3.8, 4) is 5.75 Å². The number of nitrogens with one attached hydrogen (secondary N) is 1. The summed E-state index contributed by atoms with van der Waals surface area (Å²) in [5.74, 6) is -0.195. The van der Waals surface area contributed by atoms with Crippen molar-refractivity contribution in [2.24, 2.45) is 4.99 Å². The number of aryl methyl sites for hydroxylation is 1. The fraction of sp³-hybridized carbons (Fsp3) is 0.174. The monoisotopic (exact) mass is 472 g/mol. The van der Waals surface area contributed by atoms with Crippen LogP contribution in [-0.2, 0) is 0 Å². The molecular formula is C23H19BrClFN2O. The van der Waals surface area contributed by atoms with Gasteiger partial charge in [0.1, 0.15) is 17.7 Å². The van der Waals surface area contributed by atoms with Crippen LogP contribution in [0.5, 0.6) is 5.75 Å². The molecule has 3 nitrogen and oxygen atoms in total. The van der Waals surface area contributed by atoms with Crippen LogP contribution in [0.1, 0.15) is 40.9 Å². The normalized spacial score (nSPS) is 19.1. The molecule has 6 heteroatoms. The Bertz CT molecular complexity index is 1080. The van der Waals surface area contributed by atoms with Crippen LogP contribution < -0.4 is 5.32 Å². The van der Waals surface area contributed by atoms with Crippen molar-refractivity contribution in [2.75, 3.05) is 0 Å². The molecule has 148 valence electrons. The van der Waals surface area contributed by atoms with Gasteiger partial charge in [0.15, 0.2) is 0 Å². The van der Waals surface area contributed by atoms with Crippen LogP contribution in [0.25, 0.3) is 0 Å². The second-order valence-corrected chi connectivity index (χ2v) is 8.49. The Hall–Kier alpha value is -2.21. The lowest BCUT2D eigenvalue weighted by Gasteiger charge is -2.31. The predicted molar refractivity (Wildman–Crippen MR) is 118 cm³/mol. The molecule has 0 saturated heterocycles. The van der Waals surface area contributed by atoms with Gasteiger partial charge in [0.2, 0.25) is 0 Å². The van der Waals surface area contributed by atoms with Gasteiger partial charge in [-0.25, -0.2) is 4.39 Å². The first-order valence-corrected chi connectivity index (χ1v) is 10.4.